The molecule has 0 bridgehead atoms. The third-order valence-corrected chi connectivity index (χ3v) is 5.67. The molecule has 2 saturated carbocycles. The zero-order chi connectivity index (χ0) is 14.0. The second-order valence-electron chi connectivity index (χ2n) is 7.45. The summed E-state index contributed by atoms with van der Waals surface area (Å²) in [4.78, 5) is 15.4. The summed E-state index contributed by atoms with van der Waals surface area (Å²) in [5, 5.41) is 0. The summed E-state index contributed by atoms with van der Waals surface area (Å²) < 4.78 is 0. The minimum Gasteiger partial charge on any atom is -0.297 e. The highest BCUT2D eigenvalue weighted by Gasteiger charge is 2.46. The Morgan fingerprint density at radius 1 is 1.00 bits per heavy atom. The Labute approximate surface area is 118 Å². The highest BCUT2D eigenvalue weighted by molar-refractivity contribution is 5.90. The number of Topliss-reactive ketones (excluding diaryl/α,β-unsaturated/α-hetero) is 1. The van der Waals surface area contributed by atoms with Gasteiger partial charge in [0.05, 0.1) is 5.54 Å². The smallest absolute Gasteiger partial charge is 0.156 e. The number of ketones is 1. The predicted molar refractivity (Wildman–Crippen MR) is 80.2 cm³/mol. The molecular formula is C17H31NO. The second-order valence-corrected chi connectivity index (χ2v) is 7.45. The molecule has 2 heteroatoms. The number of hydrogen-bond donors (Lipinski definition) is 0. The van der Waals surface area contributed by atoms with E-state index < -0.39 is 0 Å². The zero-order valence-electron chi connectivity index (χ0n) is 13.2. The van der Waals surface area contributed by atoms with Gasteiger partial charge in [-0.05, 0) is 51.6 Å². The molecule has 0 spiro atoms. The van der Waals surface area contributed by atoms with Crippen LogP contribution in [-0.4, -0.2) is 30.3 Å². The molecule has 2 aliphatic rings. The van der Waals surface area contributed by atoms with Gasteiger partial charge in [-0.15, -0.1) is 0 Å². The predicted octanol–water partition coefficient (Wildman–Crippen LogP) is 3.89. The highest BCUT2D eigenvalue weighted by Crippen LogP contribution is 2.41. The Morgan fingerprint density at radius 2 is 1.63 bits per heavy atom. The monoisotopic (exact) mass is 265 g/mol. The van der Waals surface area contributed by atoms with E-state index in [1.165, 1.54) is 25.7 Å². The Hall–Kier alpha value is -0.370. The van der Waals surface area contributed by atoms with Crippen molar-refractivity contribution in [3.05, 3.63) is 0 Å². The molecule has 2 rings (SSSR count). The zero-order valence-corrected chi connectivity index (χ0v) is 13.2. The van der Waals surface area contributed by atoms with Crippen LogP contribution in [0.4, 0.5) is 0 Å². The van der Waals surface area contributed by atoms with Gasteiger partial charge in [-0.3, -0.25) is 9.69 Å². The maximum Gasteiger partial charge on any atom is 0.156 e. The van der Waals surface area contributed by atoms with Crippen molar-refractivity contribution in [3.63, 3.8) is 0 Å². The van der Waals surface area contributed by atoms with Crippen LogP contribution in [0.1, 0.15) is 65.2 Å². The highest BCUT2D eigenvalue weighted by atomic mass is 16.1. The lowest BCUT2D eigenvalue weighted by molar-refractivity contribution is -0.138. The van der Waals surface area contributed by atoms with Gasteiger partial charge in [0, 0.05) is 5.92 Å². The number of likely N-dealkylation sites (N-methyl/N-ethyl adjacent to an activating group) is 1. The Balaban J connectivity index is 2.12. The quantitative estimate of drug-likeness (QED) is 0.771. The van der Waals surface area contributed by atoms with E-state index in [2.05, 4.69) is 32.8 Å². The van der Waals surface area contributed by atoms with Crippen LogP contribution in [0, 0.1) is 17.8 Å². The van der Waals surface area contributed by atoms with Crippen molar-refractivity contribution in [1.82, 2.24) is 4.90 Å². The molecule has 0 radical (unpaired) electrons. The molecule has 2 fully saturated rings. The van der Waals surface area contributed by atoms with E-state index in [-0.39, 0.29) is 5.54 Å². The maximum absolute atomic E-state index is 13.1. The van der Waals surface area contributed by atoms with E-state index in [1.807, 2.05) is 0 Å². The lowest BCUT2D eigenvalue weighted by atomic mass is 9.67. The van der Waals surface area contributed by atoms with Crippen molar-refractivity contribution in [2.75, 3.05) is 14.1 Å². The number of hydrogen-bond acceptors (Lipinski definition) is 2. The van der Waals surface area contributed by atoms with Crippen molar-refractivity contribution in [1.29, 1.82) is 0 Å². The fourth-order valence-electron chi connectivity index (χ4n) is 4.28. The van der Waals surface area contributed by atoms with Crippen LogP contribution in [0.3, 0.4) is 0 Å². The largest absolute Gasteiger partial charge is 0.297 e. The first-order valence-electron chi connectivity index (χ1n) is 8.17. The molecule has 0 heterocycles. The third-order valence-electron chi connectivity index (χ3n) is 5.67. The number of carbonyl (C=O) groups is 1. The minimum absolute atomic E-state index is 0.150. The standard InChI is InChI=1S/C17H31NO/c1-13-7-9-15(10-8-13)16(19)17(18(3)4)11-5-6-14(2)12-17/h13-15H,5-12H2,1-4H3. The molecule has 0 aromatic heterocycles. The van der Waals surface area contributed by atoms with Gasteiger partial charge >= 0.3 is 0 Å². The molecule has 110 valence electrons. The van der Waals surface area contributed by atoms with Gasteiger partial charge < -0.3 is 0 Å². The number of rotatable bonds is 3. The Kier molecular flexibility index (Phi) is 4.70. The van der Waals surface area contributed by atoms with Crippen LogP contribution in [-0.2, 0) is 4.79 Å². The first kappa shape index (κ1) is 15.0. The van der Waals surface area contributed by atoms with Crippen LogP contribution in [0.5, 0.6) is 0 Å². The van der Waals surface area contributed by atoms with Crippen LogP contribution >= 0.6 is 0 Å². The lowest BCUT2D eigenvalue weighted by Crippen LogP contribution is -2.56. The van der Waals surface area contributed by atoms with Crippen molar-refractivity contribution in [2.24, 2.45) is 17.8 Å². The molecule has 0 aromatic rings. The first-order chi connectivity index (χ1) is 8.95. The van der Waals surface area contributed by atoms with Gasteiger partial charge in [-0.25, -0.2) is 0 Å². The summed E-state index contributed by atoms with van der Waals surface area (Å²) in [6.45, 7) is 4.64. The second kappa shape index (κ2) is 5.95. The number of nitrogens with zero attached hydrogens (tertiary/aromatic N) is 1. The lowest BCUT2D eigenvalue weighted by Gasteiger charge is -2.46. The van der Waals surface area contributed by atoms with Crippen LogP contribution in [0.25, 0.3) is 0 Å². The number of carbonyl (C=O) groups excluding carboxylic acids is 1. The first-order valence-corrected chi connectivity index (χ1v) is 8.17. The Morgan fingerprint density at radius 3 is 2.16 bits per heavy atom. The summed E-state index contributed by atoms with van der Waals surface area (Å²) in [5.74, 6) is 2.42. The van der Waals surface area contributed by atoms with Gasteiger partial charge in [0.15, 0.2) is 5.78 Å². The topological polar surface area (TPSA) is 20.3 Å². The SMILES string of the molecule is CC1CCC(C(=O)C2(N(C)C)CCCC(C)C2)CC1. The summed E-state index contributed by atoms with van der Waals surface area (Å²) >= 11 is 0. The summed E-state index contributed by atoms with van der Waals surface area (Å²) in [7, 11) is 4.22. The molecule has 2 unspecified atom stereocenters. The van der Waals surface area contributed by atoms with Crippen LogP contribution in [0.15, 0.2) is 0 Å². The van der Waals surface area contributed by atoms with Gasteiger partial charge in [-0.2, -0.15) is 0 Å². The molecule has 0 amide bonds. The molecule has 2 aliphatic carbocycles. The fraction of sp³-hybridized carbons (Fsp3) is 0.941. The van der Waals surface area contributed by atoms with Crippen molar-refractivity contribution < 1.29 is 4.79 Å². The molecule has 2 atom stereocenters. The molecule has 0 aliphatic heterocycles. The van der Waals surface area contributed by atoms with E-state index >= 15 is 0 Å². The molecule has 2 nitrogen and oxygen atoms in total. The average molecular weight is 265 g/mol. The van der Waals surface area contributed by atoms with E-state index in [0.29, 0.717) is 17.6 Å². The molecular weight excluding hydrogens is 234 g/mol. The maximum atomic E-state index is 13.1. The third kappa shape index (κ3) is 3.04. The molecule has 19 heavy (non-hydrogen) atoms. The van der Waals surface area contributed by atoms with Crippen LogP contribution in [0.2, 0.25) is 0 Å². The van der Waals surface area contributed by atoms with Gasteiger partial charge in [0.25, 0.3) is 0 Å². The normalized spacial score (nSPS) is 40.4. The summed E-state index contributed by atoms with van der Waals surface area (Å²) in [6.07, 6.45) is 9.41. The van der Waals surface area contributed by atoms with E-state index in [1.54, 1.807) is 0 Å². The van der Waals surface area contributed by atoms with Gasteiger partial charge in [-0.1, -0.05) is 39.5 Å². The minimum atomic E-state index is -0.150. The van der Waals surface area contributed by atoms with Crippen LogP contribution < -0.4 is 0 Å². The van der Waals surface area contributed by atoms with Crippen molar-refractivity contribution >= 4 is 5.78 Å². The summed E-state index contributed by atoms with van der Waals surface area (Å²) in [6, 6.07) is 0. The van der Waals surface area contributed by atoms with E-state index in [4.69, 9.17) is 0 Å². The molecule has 0 N–H and O–H groups in total. The van der Waals surface area contributed by atoms with Gasteiger partial charge in [0.2, 0.25) is 0 Å². The van der Waals surface area contributed by atoms with Crippen molar-refractivity contribution in [3.8, 4) is 0 Å². The van der Waals surface area contributed by atoms with Crippen molar-refractivity contribution in [2.45, 2.75) is 70.8 Å². The van der Waals surface area contributed by atoms with E-state index in [0.717, 1.165) is 31.6 Å². The van der Waals surface area contributed by atoms with E-state index in [9.17, 15) is 4.79 Å². The van der Waals surface area contributed by atoms with Gasteiger partial charge in [0.1, 0.15) is 0 Å². The molecule has 0 saturated heterocycles. The molecule has 0 aromatic carbocycles. The fourth-order valence-corrected chi connectivity index (χ4v) is 4.28. The summed E-state index contributed by atoms with van der Waals surface area (Å²) in [5.41, 5.74) is -0.150. The Bertz CT molecular complexity index is 317. The average Bonchev–Trinajstić information content (AvgIpc) is 2.38.